The summed E-state index contributed by atoms with van der Waals surface area (Å²) in [6.07, 6.45) is -0.479. The maximum absolute atomic E-state index is 13.7. The Morgan fingerprint density at radius 3 is 2.50 bits per heavy atom. The fraction of sp³-hybridized carbons (Fsp3) is 0.240. The van der Waals surface area contributed by atoms with Crippen molar-refractivity contribution in [1.29, 1.82) is 0 Å². The Balaban J connectivity index is 1.89. The van der Waals surface area contributed by atoms with Gasteiger partial charge in [0, 0.05) is 15.7 Å². The van der Waals surface area contributed by atoms with E-state index in [2.05, 4.69) is 21.2 Å². The topological polar surface area (TPSA) is 117 Å². The van der Waals surface area contributed by atoms with E-state index >= 15 is 0 Å². The fourth-order valence-electron chi connectivity index (χ4n) is 4.23. The van der Waals surface area contributed by atoms with Crippen LogP contribution >= 0.6 is 15.9 Å². The van der Waals surface area contributed by atoms with E-state index in [0.717, 1.165) is 5.56 Å². The fourth-order valence-corrected chi connectivity index (χ4v) is 4.59. The average Bonchev–Trinajstić information content (AvgIpc) is 3.03. The van der Waals surface area contributed by atoms with Crippen molar-refractivity contribution in [1.82, 2.24) is 0 Å². The lowest BCUT2D eigenvalue weighted by atomic mass is 9.67. The number of anilines is 1. The van der Waals surface area contributed by atoms with E-state index < -0.39 is 29.4 Å². The van der Waals surface area contributed by atoms with Crippen LogP contribution < -0.4 is 11.1 Å². The lowest BCUT2D eigenvalue weighted by Crippen LogP contribution is -2.48. The highest BCUT2D eigenvalue weighted by molar-refractivity contribution is 9.10. The number of carbonyl (C=O) groups excluding carboxylic acids is 3. The minimum Gasteiger partial charge on any atom is -0.459 e. The van der Waals surface area contributed by atoms with Gasteiger partial charge in [-0.1, -0.05) is 46.3 Å². The number of allylic oxidation sites excluding steroid dienone is 1. The summed E-state index contributed by atoms with van der Waals surface area (Å²) in [6.45, 7) is 4.81. The maximum atomic E-state index is 13.7. The number of nitrogens with two attached hydrogens (primary N) is 1. The molecule has 0 radical (unpaired) electrons. The minimum absolute atomic E-state index is 0.0609. The summed E-state index contributed by atoms with van der Waals surface area (Å²) < 4.78 is 17.2. The van der Waals surface area contributed by atoms with Crippen LogP contribution in [0.1, 0.15) is 31.9 Å². The number of halogens is 1. The molecule has 176 valence electrons. The van der Waals surface area contributed by atoms with Crippen molar-refractivity contribution in [2.75, 3.05) is 5.32 Å². The Morgan fingerprint density at radius 1 is 1.12 bits per heavy atom. The van der Waals surface area contributed by atoms with E-state index in [-0.39, 0.29) is 29.4 Å². The lowest BCUT2D eigenvalue weighted by Gasteiger charge is -2.35. The second-order valence-electron chi connectivity index (χ2n) is 8.18. The van der Waals surface area contributed by atoms with Crippen LogP contribution in [0.5, 0.6) is 0 Å². The zero-order valence-electron chi connectivity index (χ0n) is 18.8. The molecule has 1 atom stereocenters. The third-order valence-electron chi connectivity index (χ3n) is 5.55. The van der Waals surface area contributed by atoms with Gasteiger partial charge in [0.15, 0.2) is 0 Å². The van der Waals surface area contributed by atoms with E-state index in [1.807, 2.05) is 18.2 Å². The van der Waals surface area contributed by atoms with Gasteiger partial charge in [-0.25, -0.2) is 9.59 Å². The highest BCUT2D eigenvalue weighted by atomic mass is 79.9. The SMILES string of the molecule is CC1=C(C(=O)OC(C)C)C2(C(=O)Nc3ccc(Br)cc32)C(C(=O)OCc2ccccc2)=C(N)O1. The summed E-state index contributed by atoms with van der Waals surface area (Å²) in [5.41, 5.74) is 5.41. The van der Waals surface area contributed by atoms with Crippen LogP contribution in [0.15, 0.2) is 75.8 Å². The molecule has 0 saturated carbocycles. The van der Waals surface area contributed by atoms with Gasteiger partial charge in [-0.3, -0.25) is 4.79 Å². The zero-order chi connectivity index (χ0) is 24.6. The molecule has 0 aromatic heterocycles. The van der Waals surface area contributed by atoms with Gasteiger partial charge in [-0.05, 0) is 44.5 Å². The van der Waals surface area contributed by atoms with Gasteiger partial charge in [0.2, 0.25) is 11.8 Å². The predicted octanol–water partition coefficient (Wildman–Crippen LogP) is 3.81. The van der Waals surface area contributed by atoms with E-state index in [9.17, 15) is 14.4 Å². The van der Waals surface area contributed by atoms with Gasteiger partial charge < -0.3 is 25.3 Å². The second kappa shape index (κ2) is 8.98. The molecule has 2 aromatic rings. The summed E-state index contributed by atoms with van der Waals surface area (Å²) in [5.74, 6) is -2.57. The molecule has 2 aliphatic rings. The molecule has 0 bridgehead atoms. The molecule has 2 aromatic carbocycles. The molecule has 2 heterocycles. The minimum atomic E-state index is -1.91. The molecular weight excluding hydrogens is 504 g/mol. The van der Waals surface area contributed by atoms with Crippen molar-refractivity contribution in [2.45, 2.75) is 38.9 Å². The van der Waals surface area contributed by atoms with Crippen LogP contribution in [-0.4, -0.2) is 23.9 Å². The van der Waals surface area contributed by atoms with Crippen molar-refractivity contribution in [3.63, 3.8) is 0 Å². The Bertz CT molecular complexity index is 1250. The first-order valence-electron chi connectivity index (χ1n) is 10.6. The van der Waals surface area contributed by atoms with Crippen LogP contribution in [0.25, 0.3) is 0 Å². The van der Waals surface area contributed by atoms with Crippen molar-refractivity contribution in [3.8, 4) is 0 Å². The Labute approximate surface area is 204 Å². The highest BCUT2D eigenvalue weighted by Crippen LogP contribution is 2.53. The summed E-state index contributed by atoms with van der Waals surface area (Å²) in [5, 5.41) is 2.77. The Morgan fingerprint density at radius 2 is 1.82 bits per heavy atom. The first-order chi connectivity index (χ1) is 16.2. The second-order valence-corrected chi connectivity index (χ2v) is 9.10. The molecule has 0 fully saturated rings. The highest BCUT2D eigenvalue weighted by Gasteiger charge is 2.62. The number of nitrogens with one attached hydrogen (secondary N) is 1. The van der Waals surface area contributed by atoms with Gasteiger partial charge in [0.1, 0.15) is 28.9 Å². The van der Waals surface area contributed by atoms with Crippen LogP contribution in [0.2, 0.25) is 0 Å². The number of amides is 1. The molecule has 1 unspecified atom stereocenters. The standard InChI is InChI=1S/C25H23BrN2O6/c1-13(2)33-23(30)19-14(3)34-21(27)20(22(29)32-12-15-7-5-4-6-8-15)25(19)17-11-16(26)9-10-18(17)28-24(25)31/h4-11,13H,12,27H2,1-3H3,(H,28,31). The molecule has 1 spiro atoms. The smallest absolute Gasteiger partial charge is 0.341 e. The monoisotopic (exact) mass is 526 g/mol. The van der Waals surface area contributed by atoms with E-state index in [4.69, 9.17) is 19.9 Å². The largest absolute Gasteiger partial charge is 0.459 e. The van der Waals surface area contributed by atoms with Gasteiger partial charge >= 0.3 is 11.9 Å². The summed E-state index contributed by atoms with van der Waals surface area (Å²) in [4.78, 5) is 40.5. The van der Waals surface area contributed by atoms with Crippen LogP contribution in [0.3, 0.4) is 0 Å². The van der Waals surface area contributed by atoms with E-state index in [0.29, 0.717) is 15.7 Å². The third-order valence-corrected chi connectivity index (χ3v) is 6.04. The van der Waals surface area contributed by atoms with Gasteiger partial charge in [0.05, 0.1) is 6.10 Å². The molecule has 4 rings (SSSR count). The van der Waals surface area contributed by atoms with Crippen LogP contribution in [-0.2, 0) is 40.6 Å². The molecule has 8 nitrogen and oxygen atoms in total. The predicted molar refractivity (Wildman–Crippen MR) is 127 cm³/mol. The number of rotatable bonds is 5. The molecule has 9 heteroatoms. The Hall–Kier alpha value is -3.59. The molecule has 3 N–H and O–H groups in total. The van der Waals surface area contributed by atoms with Gasteiger partial charge in [0.25, 0.3) is 0 Å². The van der Waals surface area contributed by atoms with Crippen molar-refractivity contribution in [3.05, 3.63) is 86.9 Å². The van der Waals surface area contributed by atoms with Crippen molar-refractivity contribution in [2.24, 2.45) is 5.73 Å². The molecule has 0 aliphatic carbocycles. The van der Waals surface area contributed by atoms with Gasteiger partial charge in [-0.2, -0.15) is 0 Å². The summed E-state index contributed by atoms with van der Waals surface area (Å²) in [7, 11) is 0. The number of ether oxygens (including phenoxy) is 3. The first kappa shape index (κ1) is 23.6. The van der Waals surface area contributed by atoms with Crippen molar-refractivity contribution >= 4 is 39.5 Å². The van der Waals surface area contributed by atoms with E-state index in [1.54, 1.807) is 44.2 Å². The summed E-state index contributed by atoms with van der Waals surface area (Å²) in [6, 6.07) is 14.1. The quantitative estimate of drug-likeness (QED) is 0.568. The average molecular weight is 527 g/mol. The number of carbonyl (C=O) groups is 3. The maximum Gasteiger partial charge on any atom is 0.341 e. The number of benzene rings is 2. The van der Waals surface area contributed by atoms with Crippen LogP contribution in [0.4, 0.5) is 5.69 Å². The van der Waals surface area contributed by atoms with Crippen molar-refractivity contribution < 1.29 is 28.6 Å². The first-order valence-corrected chi connectivity index (χ1v) is 11.4. The lowest BCUT2D eigenvalue weighted by molar-refractivity contribution is -0.146. The number of esters is 2. The number of hydrogen-bond donors (Lipinski definition) is 2. The van der Waals surface area contributed by atoms with E-state index in [1.165, 1.54) is 6.92 Å². The van der Waals surface area contributed by atoms with Gasteiger partial charge in [-0.15, -0.1) is 0 Å². The molecular formula is C25H23BrN2O6. The number of fused-ring (bicyclic) bond motifs is 2. The molecule has 1 amide bonds. The Kier molecular flexibility index (Phi) is 6.22. The normalized spacial score (nSPS) is 19.1. The summed E-state index contributed by atoms with van der Waals surface area (Å²) >= 11 is 3.41. The third kappa shape index (κ3) is 3.86. The van der Waals surface area contributed by atoms with Crippen LogP contribution in [0, 0.1) is 0 Å². The number of hydrogen-bond acceptors (Lipinski definition) is 7. The molecule has 34 heavy (non-hydrogen) atoms. The molecule has 0 saturated heterocycles. The zero-order valence-corrected chi connectivity index (χ0v) is 20.4. The molecule has 2 aliphatic heterocycles.